The summed E-state index contributed by atoms with van der Waals surface area (Å²) in [5.41, 5.74) is 9.38. The zero-order chi connectivity index (χ0) is 25.7. The predicted molar refractivity (Wildman–Crippen MR) is 123 cm³/mol. The number of rotatable bonds is 13. The lowest BCUT2D eigenvalue weighted by atomic mass is 9.80. The van der Waals surface area contributed by atoms with Crippen LogP contribution >= 0.6 is 0 Å². The molecule has 10 nitrogen and oxygen atoms in total. The van der Waals surface area contributed by atoms with Gasteiger partial charge in [-0.2, -0.15) is 0 Å². The maximum absolute atomic E-state index is 12.4. The minimum absolute atomic E-state index is 0.278. The molecule has 10 heteroatoms. The molecule has 0 fully saturated rings. The molecule has 0 saturated carbocycles. The highest BCUT2D eigenvalue weighted by atomic mass is 16.4. The largest absolute Gasteiger partial charge is 0.387 e. The summed E-state index contributed by atoms with van der Waals surface area (Å²) in [6, 6.07) is 0. The van der Waals surface area contributed by atoms with Gasteiger partial charge in [0.15, 0.2) is 12.2 Å². The van der Waals surface area contributed by atoms with Crippen molar-refractivity contribution in [3.05, 3.63) is 0 Å². The first-order valence-electron chi connectivity index (χ1n) is 11.0. The Kier molecular flexibility index (Phi) is 10.8. The summed E-state index contributed by atoms with van der Waals surface area (Å²) in [6.45, 7) is 15.5. The highest BCUT2D eigenvalue weighted by molar-refractivity contribution is 5.83. The first-order valence-corrected chi connectivity index (χ1v) is 11.0. The van der Waals surface area contributed by atoms with Crippen LogP contribution in [0.15, 0.2) is 0 Å². The van der Waals surface area contributed by atoms with Crippen molar-refractivity contribution in [3.63, 3.8) is 0 Å². The van der Waals surface area contributed by atoms with Gasteiger partial charge in [0, 0.05) is 11.1 Å². The van der Waals surface area contributed by atoms with Gasteiger partial charge in [-0.1, -0.05) is 27.7 Å². The van der Waals surface area contributed by atoms with Crippen LogP contribution in [-0.2, 0) is 9.59 Å². The van der Waals surface area contributed by atoms with Crippen molar-refractivity contribution in [2.75, 3.05) is 13.1 Å². The zero-order valence-corrected chi connectivity index (χ0v) is 20.9. The first kappa shape index (κ1) is 30.7. The van der Waals surface area contributed by atoms with Gasteiger partial charge in [-0.05, 0) is 64.5 Å². The molecule has 0 aromatic carbocycles. The van der Waals surface area contributed by atoms with E-state index in [1.165, 1.54) is 0 Å². The molecule has 0 heterocycles. The molecule has 0 aromatic heterocycles. The molecular weight excluding hydrogens is 416 g/mol. The predicted octanol–water partition coefficient (Wildman–Crippen LogP) is -1.03. The van der Waals surface area contributed by atoms with E-state index in [1.54, 1.807) is 27.7 Å². The number of carbonyl (C=O) groups is 2. The lowest BCUT2D eigenvalue weighted by Gasteiger charge is -2.37. The third-order valence-corrected chi connectivity index (χ3v) is 5.40. The Morgan fingerprint density at radius 1 is 0.656 bits per heavy atom. The number of aliphatic hydroxyl groups excluding tert-OH is 4. The van der Waals surface area contributed by atoms with Crippen LogP contribution in [0.2, 0.25) is 0 Å². The zero-order valence-electron chi connectivity index (χ0n) is 20.9. The molecule has 0 unspecified atom stereocenters. The van der Waals surface area contributed by atoms with Crippen molar-refractivity contribution in [1.29, 1.82) is 0 Å². The second-order valence-electron chi connectivity index (χ2n) is 11.7. The van der Waals surface area contributed by atoms with Crippen LogP contribution in [0.3, 0.4) is 0 Å². The van der Waals surface area contributed by atoms with Crippen molar-refractivity contribution in [3.8, 4) is 0 Å². The fourth-order valence-electron chi connectivity index (χ4n) is 4.12. The summed E-state index contributed by atoms with van der Waals surface area (Å²) < 4.78 is 0. The number of nitrogens with one attached hydrogen (secondary N) is 2. The average molecular weight is 463 g/mol. The summed E-state index contributed by atoms with van der Waals surface area (Å²) >= 11 is 0. The van der Waals surface area contributed by atoms with Crippen molar-refractivity contribution in [2.45, 2.75) is 104 Å². The summed E-state index contributed by atoms with van der Waals surface area (Å²) in [5, 5.41) is 46.1. The molecule has 0 aromatic rings. The van der Waals surface area contributed by atoms with E-state index >= 15 is 0 Å². The molecule has 0 saturated heterocycles. The molecule has 2 amide bonds. The van der Waals surface area contributed by atoms with Crippen molar-refractivity contribution >= 4 is 11.8 Å². The second kappa shape index (κ2) is 11.2. The molecule has 0 bridgehead atoms. The Morgan fingerprint density at radius 2 is 0.906 bits per heavy atom. The molecule has 0 radical (unpaired) electrons. The first-order chi connectivity index (χ1) is 14.2. The van der Waals surface area contributed by atoms with Crippen LogP contribution in [0, 0.1) is 10.8 Å². The van der Waals surface area contributed by atoms with E-state index in [0.29, 0.717) is 25.9 Å². The van der Waals surface area contributed by atoms with Crippen LogP contribution in [-0.4, -0.2) is 80.8 Å². The summed E-state index contributed by atoms with van der Waals surface area (Å²) in [6.07, 6.45) is -7.30. The standard InChI is InChI=1S/C22H46N4O6/c1-19(2,11-23)9-21(5,6)25-17(31)15(29)13(27)14(28)16(30)18(32)26-22(7,8)10-20(3,4)12-24/h13-16,27-30H,9-12,23-24H2,1-8H3,(H,25,31)(H,26,32)/t13-,14+,15+,16-. The maximum atomic E-state index is 12.4. The molecule has 0 rings (SSSR count). The van der Waals surface area contributed by atoms with E-state index in [0.717, 1.165) is 0 Å². The Hall–Kier alpha value is -1.30. The number of hydrogen-bond donors (Lipinski definition) is 8. The maximum Gasteiger partial charge on any atom is 0.252 e. The molecule has 0 aliphatic rings. The number of hydrogen-bond acceptors (Lipinski definition) is 8. The molecule has 0 spiro atoms. The SMILES string of the molecule is CC(C)(CN)CC(C)(C)NC(=O)[C@@H](O)[C@H](O)[C@H](O)[C@@H](O)C(=O)NC(C)(C)CC(C)(C)CN. The van der Waals surface area contributed by atoms with Crippen LogP contribution in [0.5, 0.6) is 0 Å². The van der Waals surface area contributed by atoms with Crippen LogP contribution in [0.25, 0.3) is 0 Å². The van der Waals surface area contributed by atoms with Gasteiger partial charge in [-0.3, -0.25) is 9.59 Å². The second-order valence-corrected chi connectivity index (χ2v) is 11.7. The third kappa shape index (κ3) is 10.1. The quantitative estimate of drug-likeness (QED) is 0.170. The molecular formula is C22H46N4O6. The number of carbonyl (C=O) groups excluding carboxylic acids is 2. The lowest BCUT2D eigenvalue weighted by molar-refractivity contribution is -0.157. The highest BCUT2D eigenvalue weighted by Crippen LogP contribution is 2.27. The van der Waals surface area contributed by atoms with Crippen molar-refractivity contribution in [1.82, 2.24) is 10.6 Å². The Bertz CT molecular complexity index is 582. The Morgan fingerprint density at radius 3 is 1.12 bits per heavy atom. The summed E-state index contributed by atoms with van der Waals surface area (Å²) in [7, 11) is 0. The normalized spacial score (nSPS) is 17.3. The minimum atomic E-state index is -2.09. The van der Waals surface area contributed by atoms with E-state index in [4.69, 9.17) is 11.5 Å². The molecule has 32 heavy (non-hydrogen) atoms. The number of aliphatic hydroxyl groups is 4. The number of nitrogens with two attached hydrogens (primary N) is 2. The van der Waals surface area contributed by atoms with E-state index < -0.39 is 47.3 Å². The van der Waals surface area contributed by atoms with Gasteiger partial charge in [-0.25, -0.2) is 0 Å². The van der Waals surface area contributed by atoms with Crippen LogP contribution in [0.4, 0.5) is 0 Å². The summed E-state index contributed by atoms with van der Waals surface area (Å²) in [4.78, 5) is 24.9. The number of amides is 2. The van der Waals surface area contributed by atoms with Gasteiger partial charge in [0.1, 0.15) is 12.2 Å². The summed E-state index contributed by atoms with van der Waals surface area (Å²) in [5.74, 6) is -1.88. The molecule has 0 aliphatic heterocycles. The fourth-order valence-corrected chi connectivity index (χ4v) is 4.12. The van der Waals surface area contributed by atoms with E-state index in [1.807, 2.05) is 27.7 Å². The molecule has 10 N–H and O–H groups in total. The smallest absolute Gasteiger partial charge is 0.252 e. The lowest BCUT2D eigenvalue weighted by Crippen LogP contribution is -2.59. The fraction of sp³-hybridized carbons (Fsp3) is 0.909. The van der Waals surface area contributed by atoms with Crippen LogP contribution in [0.1, 0.15) is 68.2 Å². The van der Waals surface area contributed by atoms with Gasteiger partial charge in [0.05, 0.1) is 0 Å². The monoisotopic (exact) mass is 462 g/mol. The van der Waals surface area contributed by atoms with Crippen molar-refractivity contribution in [2.24, 2.45) is 22.3 Å². The van der Waals surface area contributed by atoms with Gasteiger partial charge in [-0.15, -0.1) is 0 Å². The average Bonchev–Trinajstić information content (AvgIpc) is 2.62. The van der Waals surface area contributed by atoms with Gasteiger partial charge < -0.3 is 42.5 Å². The van der Waals surface area contributed by atoms with Gasteiger partial charge in [0.2, 0.25) is 0 Å². The van der Waals surface area contributed by atoms with E-state index in [2.05, 4.69) is 10.6 Å². The third-order valence-electron chi connectivity index (χ3n) is 5.40. The molecule has 4 atom stereocenters. The van der Waals surface area contributed by atoms with Gasteiger partial charge in [0.25, 0.3) is 11.8 Å². The van der Waals surface area contributed by atoms with E-state index in [-0.39, 0.29) is 10.8 Å². The Balaban J connectivity index is 5.11. The molecule has 0 aliphatic carbocycles. The van der Waals surface area contributed by atoms with Gasteiger partial charge >= 0.3 is 0 Å². The molecule has 190 valence electrons. The highest BCUT2D eigenvalue weighted by Gasteiger charge is 2.40. The van der Waals surface area contributed by atoms with Crippen LogP contribution < -0.4 is 22.1 Å². The Labute approximate surface area is 192 Å². The topological polar surface area (TPSA) is 191 Å². The van der Waals surface area contributed by atoms with E-state index in [9.17, 15) is 30.0 Å². The minimum Gasteiger partial charge on any atom is -0.387 e. The van der Waals surface area contributed by atoms with Crippen molar-refractivity contribution < 1.29 is 30.0 Å².